The second-order valence-electron chi connectivity index (χ2n) is 3.38. The SMILES string of the molecule is Cc1cc(C(=O)N[C@@H](C)C(=O)O)sc1C. The lowest BCUT2D eigenvalue weighted by Crippen LogP contribution is -2.37. The molecule has 1 aromatic rings. The fraction of sp³-hybridized carbons (Fsp3) is 0.400. The number of carbonyl (C=O) groups is 2. The van der Waals surface area contributed by atoms with Crippen LogP contribution in [0.3, 0.4) is 0 Å². The summed E-state index contributed by atoms with van der Waals surface area (Å²) in [6.45, 7) is 5.29. The van der Waals surface area contributed by atoms with Crippen LogP contribution in [0.5, 0.6) is 0 Å². The summed E-state index contributed by atoms with van der Waals surface area (Å²) >= 11 is 1.37. The Morgan fingerprint density at radius 2 is 2.07 bits per heavy atom. The quantitative estimate of drug-likeness (QED) is 0.823. The molecule has 82 valence electrons. The third kappa shape index (κ3) is 2.79. The monoisotopic (exact) mass is 227 g/mol. The molecule has 0 saturated heterocycles. The molecule has 0 aliphatic carbocycles. The largest absolute Gasteiger partial charge is 0.480 e. The van der Waals surface area contributed by atoms with Crippen LogP contribution in [0.1, 0.15) is 27.0 Å². The zero-order valence-corrected chi connectivity index (χ0v) is 9.64. The molecule has 0 unspecified atom stereocenters. The van der Waals surface area contributed by atoms with Crippen LogP contribution in [0.4, 0.5) is 0 Å². The number of amides is 1. The number of thiophene rings is 1. The number of carboxylic acids is 1. The van der Waals surface area contributed by atoms with Crippen molar-refractivity contribution in [3.8, 4) is 0 Å². The van der Waals surface area contributed by atoms with Crippen LogP contribution in [-0.4, -0.2) is 23.0 Å². The number of nitrogens with one attached hydrogen (secondary N) is 1. The van der Waals surface area contributed by atoms with Crippen molar-refractivity contribution in [2.75, 3.05) is 0 Å². The predicted octanol–water partition coefficient (Wildman–Crippen LogP) is 1.57. The highest BCUT2D eigenvalue weighted by molar-refractivity contribution is 7.14. The average molecular weight is 227 g/mol. The van der Waals surface area contributed by atoms with E-state index in [0.717, 1.165) is 10.4 Å². The van der Waals surface area contributed by atoms with E-state index >= 15 is 0 Å². The molecule has 0 aliphatic heterocycles. The molecule has 1 aromatic heterocycles. The van der Waals surface area contributed by atoms with Crippen LogP contribution in [0, 0.1) is 13.8 Å². The van der Waals surface area contributed by atoms with E-state index in [1.54, 1.807) is 6.07 Å². The van der Waals surface area contributed by atoms with Crippen molar-refractivity contribution < 1.29 is 14.7 Å². The summed E-state index contributed by atoms with van der Waals surface area (Å²) < 4.78 is 0. The molecule has 0 spiro atoms. The lowest BCUT2D eigenvalue weighted by atomic mass is 10.2. The standard InChI is InChI=1S/C10H13NO3S/c1-5-4-8(15-7(5)3)9(12)11-6(2)10(13)14/h4,6H,1-3H3,(H,11,12)(H,13,14)/t6-/m0/s1. The van der Waals surface area contributed by atoms with Crippen molar-refractivity contribution in [3.63, 3.8) is 0 Å². The van der Waals surface area contributed by atoms with Gasteiger partial charge in [0.05, 0.1) is 4.88 Å². The van der Waals surface area contributed by atoms with Crippen molar-refractivity contribution in [1.29, 1.82) is 0 Å². The maximum atomic E-state index is 11.6. The molecule has 1 rings (SSSR count). The van der Waals surface area contributed by atoms with Gasteiger partial charge in [-0.25, -0.2) is 0 Å². The Kier molecular flexibility index (Phi) is 3.47. The van der Waals surface area contributed by atoms with Gasteiger partial charge in [0.15, 0.2) is 0 Å². The minimum absolute atomic E-state index is 0.328. The van der Waals surface area contributed by atoms with Crippen LogP contribution in [0.25, 0.3) is 0 Å². The molecule has 0 saturated carbocycles. The maximum Gasteiger partial charge on any atom is 0.325 e. The molecule has 4 nitrogen and oxygen atoms in total. The van der Waals surface area contributed by atoms with Crippen LogP contribution in [0.15, 0.2) is 6.07 Å². The van der Waals surface area contributed by atoms with Gasteiger partial charge in [0.2, 0.25) is 0 Å². The number of hydrogen-bond acceptors (Lipinski definition) is 3. The molecular weight excluding hydrogens is 214 g/mol. The zero-order chi connectivity index (χ0) is 11.6. The molecular formula is C10H13NO3S. The number of carbonyl (C=O) groups excluding carboxylic acids is 1. The van der Waals surface area contributed by atoms with Gasteiger partial charge in [0, 0.05) is 4.88 Å². The van der Waals surface area contributed by atoms with Crippen LogP contribution in [0.2, 0.25) is 0 Å². The first kappa shape index (κ1) is 11.7. The van der Waals surface area contributed by atoms with E-state index in [9.17, 15) is 9.59 Å². The highest BCUT2D eigenvalue weighted by atomic mass is 32.1. The van der Waals surface area contributed by atoms with E-state index in [2.05, 4.69) is 5.32 Å². The van der Waals surface area contributed by atoms with E-state index in [1.165, 1.54) is 18.3 Å². The first-order valence-corrected chi connectivity index (χ1v) is 5.34. The Labute approximate surface area is 91.9 Å². The van der Waals surface area contributed by atoms with Crippen molar-refractivity contribution in [3.05, 3.63) is 21.4 Å². The summed E-state index contributed by atoms with van der Waals surface area (Å²) in [5.41, 5.74) is 1.05. The summed E-state index contributed by atoms with van der Waals surface area (Å²) in [6, 6.07) is 0.907. The number of aliphatic carboxylic acids is 1. The third-order valence-electron chi connectivity index (χ3n) is 2.11. The van der Waals surface area contributed by atoms with Gasteiger partial charge in [0.1, 0.15) is 6.04 Å². The van der Waals surface area contributed by atoms with Gasteiger partial charge in [-0.3, -0.25) is 9.59 Å². The Morgan fingerprint density at radius 3 is 2.47 bits per heavy atom. The molecule has 2 N–H and O–H groups in total. The summed E-state index contributed by atoms with van der Waals surface area (Å²) in [5.74, 6) is -1.36. The Morgan fingerprint density at radius 1 is 1.47 bits per heavy atom. The van der Waals surface area contributed by atoms with Crippen LogP contribution >= 0.6 is 11.3 Å². The van der Waals surface area contributed by atoms with Crippen LogP contribution in [-0.2, 0) is 4.79 Å². The molecule has 0 fully saturated rings. The molecule has 15 heavy (non-hydrogen) atoms. The van der Waals surface area contributed by atoms with Gasteiger partial charge in [-0.1, -0.05) is 0 Å². The Hall–Kier alpha value is -1.36. The molecule has 1 atom stereocenters. The van der Waals surface area contributed by atoms with Crippen molar-refractivity contribution in [1.82, 2.24) is 5.32 Å². The molecule has 0 aromatic carbocycles. The van der Waals surface area contributed by atoms with Gasteiger partial charge < -0.3 is 10.4 Å². The molecule has 1 amide bonds. The van der Waals surface area contributed by atoms with Crippen molar-refractivity contribution in [2.24, 2.45) is 0 Å². The summed E-state index contributed by atoms with van der Waals surface area (Å²) in [6.07, 6.45) is 0. The van der Waals surface area contributed by atoms with Crippen LogP contribution < -0.4 is 5.32 Å². The minimum Gasteiger partial charge on any atom is -0.480 e. The second-order valence-corrected chi connectivity index (χ2v) is 4.64. The third-order valence-corrected chi connectivity index (χ3v) is 3.26. The van der Waals surface area contributed by atoms with E-state index in [4.69, 9.17) is 5.11 Å². The summed E-state index contributed by atoms with van der Waals surface area (Å²) in [4.78, 5) is 23.7. The predicted molar refractivity (Wildman–Crippen MR) is 58.4 cm³/mol. The number of rotatable bonds is 3. The number of aryl methyl sites for hydroxylation is 2. The van der Waals surface area contributed by atoms with Gasteiger partial charge in [-0.05, 0) is 32.4 Å². The Balaban J connectivity index is 2.73. The second kappa shape index (κ2) is 4.44. The average Bonchev–Trinajstić information content (AvgIpc) is 2.46. The smallest absolute Gasteiger partial charge is 0.325 e. The van der Waals surface area contributed by atoms with E-state index in [0.29, 0.717) is 4.88 Å². The molecule has 5 heteroatoms. The molecule has 0 bridgehead atoms. The first-order valence-electron chi connectivity index (χ1n) is 4.52. The number of hydrogen-bond donors (Lipinski definition) is 2. The molecule has 0 aliphatic rings. The summed E-state index contributed by atoms with van der Waals surface area (Å²) in [7, 11) is 0. The zero-order valence-electron chi connectivity index (χ0n) is 8.83. The topological polar surface area (TPSA) is 66.4 Å². The van der Waals surface area contributed by atoms with Gasteiger partial charge >= 0.3 is 5.97 Å². The highest BCUT2D eigenvalue weighted by Crippen LogP contribution is 2.20. The van der Waals surface area contributed by atoms with Gasteiger partial charge in [-0.2, -0.15) is 0 Å². The van der Waals surface area contributed by atoms with Crippen molar-refractivity contribution in [2.45, 2.75) is 26.8 Å². The van der Waals surface area contributed by atoms with E-state index < -0.39 is 12.0 Å². The number of carboxylic acid groups (broad SMARTS) is 1. The fourth-order valence-corrected chi connectivity index (χ4v) is 1.95. The van der Waals surface area contributed by atoms with Gasteiger partial charge in [0.25, 0.3) is 5.91 Å². The maximum absolute atomic E-state index is 11.6. The summed E-state index contributed by atoms with van der Waals surface area (Å²) in [5, 5.41) is 11.0. The normalized spacial score (nSPS) is 12.2. The minimum atomic E-state index is -1.03. The Bertz CT molecular complexity index is 378. The highest BCUT2D eigenvalue weighted by Gasteiger charge is 2.16. The lowest BCUT2D eigenvalue weighted by Gasteiger charge is -2.07. The first-order chi connectivity index (χ1) is 6.91. The fourth-order valence-electron chi connectivity index (χ4n) is 1.01. The van der Waals surface area contributed by atoms with Gasteiger partial charge in [-0.15, -0.1) is 11.3 Å². The molecule has 1 heterocycles. The lowest BCUT2D eigenvalue weighted by molar-refractivity contribution is -0.138. The van der Waals surface area contributed by atoms with E-state index in [-0.39, 0.29) is 5.91 Å². The van der Waals surface area contributed by atoms with Crippen molar-refractivity contribution >= 4 is 23.2 Å². The van der Waals surface area contributed by atoms with E-state index in [1.807, 2.05) is 13.8 Å². The molecule has 0 radical (unpaired) electrons.